The molecular weight excluding hydrogens is 342 g/mol. The third-order valence-corrected chi connectivity index (χ3v) is 4.81. The standard InChI is InChI=1S/C20H17N5O2/c1-12-16-7-2-3-8-17(16)27-18(12)20(26)21-14-6-4-5-13(11-14)19-22-23-24-25(19)15-9-10-15/h2-8,11,15H,9-10H2,1H3,(H,21,26). The first-order chi connectivity index (χ1) is 13.2. The van der Waals surface area contributed by atoms with Crippen LogP contribution in [0.1, 0.15) is 35.0 Å². The maximum absolute atomic E-state index is 12.7. The molecule has 0 atom stereocenters. The van der Waals surface area contributed by atoms with Gasteiger partial charge in [0.05, 0.1) is 6.04 Å². The number of fused-ring (bicyclic) bond motifs is 1. The summed E-state index contributed by atoms with van der Waals surface area (Å²) in [6.07, 6.45) is 2.19. The Bertz CT molecular complexity index is 1160. The number of anilines is 1. The smallest absolute Gasteiger partial charge is 0.291 e. The van der Waals surface area contributed by atoms with Gasteiger partial charge in [0, 0.05) is 22.2 Å². The SMILES string of the molecule is Cc1c(C(=O)Nc2cccc(-c3nnnn3C3CC3)c2)oc2ccccc12. The summed E-state index contributed by atoms with van der Waals surface area (Å²) < 4.78 is 7.60. The summed E-state index contributed by atoms with van der Waals surface area (Å²) in [5, 5.41) is 15.9. The number of hydrogen-bond donors (Lipinski definition) is 1. The Labute approximate surface area is 155 Å². The Kier molecular flexibility index (Phi) is 3.53. The lowest BCUT2D eigenvalue weighted by atomic mass is 10.1. The summed E-state index contributed by atoms with van der Waals surface area (Å²) in [7, 11) is 0. The van der Waals surface area contributed by atoms with Crippen molar-refractivity contribution < 1.29 is 9.21 Å². The number of nitrogens with zero attached hydrogens (tertiary/aromatic N) is 4. The molecular formula is C20H17N5O2. The number of carbonyl (C=O) groups excluding carboxylic acids is 1. The minimum Gasteiger partial charge on any atom is -0.451 e. The predicted molar refractivity (Wildman–Crippen MR) is 100 cm³/mol. The van der Waals surface area contributed by atoms with E-state index in [4.69, 9.17) is 4.42 Å². The van der Waals surface area contributed by atoms with Crippen molar-refractivity contribution in [2.75, 3.05) is 5.32 Å². The van der Waals surface area contributed by atoms with Crippen LogP contribution in [-0.2, 0) is 0 Å². The molecule has 1 amide bonds. The van der Waals surface area contributed by atoms with Crippen LogP contribution in [0.5, 0.6) is 0 Å². The lowest BCUT2D eigenvalue weighted by Gasteiger charge is -2.07. The summed E-state index contributed by atoms with van der Waals surface area (Å²) in [6.45, 7) is 1.89. The first kappa shape index (κ1) is 15.7. The van der Waals surface area contributed by atoms with E-state index >= 15 is 0 Å². The van der Waals surface area contributed by atoms with Crippen LogP contribution in [0.15, 0.2) is 52.9 Å². The molecule has 4 aromatic rings. The second-order valence-electron chi connectivity index (χ2n) is 6.77. The minimum absolute atomic E-state index is 0.275. The highest BCUT2D eigenvalue weighted by Crippen LogP contribution is 2.37. The van der Waals surface area contributed by atoms with Crippen molar-refractivity contribution in [1.82, 2.24) is 20.2 Å². The number of hydrogen-bond acceptors (Lipinski definition) is 5. The second kappa shape index (κ2) is 6.05. The molecule has 134 valence electrons. The van der Waals surface area contributed by atoms with Gasteiger partial charge in [0.15, 0.2) is 11.6 Å². The number of aromatic nitrogens is 4. The van der Waals surface area contributed by atoms with E-state index in [2.05, 4.69) is 20.8 Å². The Morgan fingerprint density at radius 2 is 2.04 bits per heavy atom. The van der Waals surface area contributed by atoms with Gasteiger partial charge in [0.1, 0.15) is 5.58 Å². The van der Waals surface area contributed by atoms with Crippen molar-refractivity contribution in [3.05, 3.63) is 59.9 Å². The van der Waals surface area contributed by atoms with Gasteiger partial charge in [-0.15, -0.1) is 5.10 Å². The largest absolute Gasteiger partial charge is 0.451 e. The number of benzene rings is 2. The van der Waals surface area contributed by atoms with Gasteiger partial charge in [0.2, 0.25) is 0 Å². The van der Waals surface area contributed by atoms with Gasteiger partial charge in [-0.05, 0) is 48.4 Å². The zero-order valence-corrected chi connectivity index (χ0v) is 14.7. The summed E-state index contributed by atoms with van der Waals surface area (Å²) in [6, 6.07) is 15.5. The molecule has 0 unspecified atom stereocenters. The number of nitrogens with one attached hydrogen (secondary N) is 1. The molecule has 1 aliphatic carbocycles. The Morgan fingerprint density at radius 1 is 1.19 bits per heavy atom. The number of aryl methyl sites for hydroxylation is 1. The van der Waals surface area contributed by atoms with E-state index in [9.17, 15) is 4.79 Å². The van der Waals surface area contributed by atoms with E-state index < -0.39 is 0 Å². The molecule has 0 aliphatic heterocycles. The molecule has 1 aliphatic rings. The Hall–Kier alpha value is -3.48. The fourth-order valence-electron chi connectivity index (χ4n) is 3.26. The first-order valence-corrected chi connectivity index (χ1v) is 8.88. The van der Waals surface area contributed by atoms with E-state index in [1.165, 1.54) is 0 Å². The predicted octanol–water partition coefficient (Wildman–Crippen LogP) is 3.98. The molecule has 7 nitrogen and oxygen atoms in total. The molecule has 1 fully saturated rings. The van der Waals surface area contributed by atoms with Gasteiger partial charge < -0.3 is 9.73 Å². The van der Waals surface area contributed by atoms with Gasteiger partial charge in [-0.2, -0.15) is 0 Å². The molecule has 2 aromatic heterocycles. The van der Waals surface area contributed by atoms with Crippen molar-refractivity contribution >= 4 is 22.6 Å². The normalized spacial score (nSPS) is 13.8. The number of para-hydroxylation sites is 1. The number of furan rings is 1. The van der Waals surface area contributed by atoms with Crippen LogP contribution < -0.4 is 5.32 Å². The molecule has 2 heterocycles. The van der Waals surface area contributed by atoms with Crippen molar-refractivity contribution in [3.8, 4) is 11.4 Å². The highest BCUT2D eigenvalue weighted by atomic mass is 16.3. The third kappa shape index (κ3) is 2.77. The van der Waals surface area contributed by atoms with Crippen molar-refractivity contribution in [3.63, 3.8) is 0 Å². The summed E-state index contributed by atoms with van der Waals surface area (Å²) >= 11 is 0. The fraction of sp³-hybridized carbons (Fsp3) is 0.200. The molecule has 2 aromatic carbocycles. The lowest BCUT2D eigenvalue weighted by Crippen LogP contribution is -2.12. The maximum Gasteiger partial charge on any atom is 0.291 e. The molecule has 5 rings (SSSR count). The van der Waals surface area contributed by atoms with Crippen LogP contribution in [0.2, 0.25) is 0 Å². The minimum atomic E-state index is -0.275. The maximum atomic E-state index is 12.7. The number of rotatable bonds is 4. The third-order valence-electron chi connectivity index (χ3n) is 4.81. The summed E-state index contributed by atoms with van der Waals surface area (Å²) in [5.41, 5.74) is 3.07. The summed E-state index contributed by atoms with van der Waals surface area (Å²) in [4.78, 5) is 12.7. The average molecular weight is 359 g/mol. The molecule has 0 bridgehead atoms. The van der Waals surface area contributed by atoms with E-state index in [1.54, 1.807) is 0 Å². The zero-order valence-electron chi connectivity index (χ0n) is 14.7. The van der Waals surface area contributed by atoms with Crippen molar-refractivity contribution in [2.24, 2.45) is 0 Å². The van der Waals surface area contributed by atoms with Crippen molar-refractivity contribution in [1.29, 1.82) is 0 Å². The van der Waals surface area contributed by atoms with Crippen LogP contribution in [-0.4, -0.2) is 26.1 Å². The van der Waals surface area contributed by atoms with Crippen LogP contribution in [0, 0.1) is 6.92 Å². The van der Waals surface area contributed by atoms with Crippen LogP contribution >= 0.6 is 0 Å². The Morgan fingerprint density at radius 3 is 2.85 bits per heavy atom. The van der Waals surface area contributed by atoms with Crippen LogP contribution in [0.3, 0.4) is 0 Å². The molecule has 1 saturated carbocycles. The molecule has 0 radical (unpaired) electrons. The number of tetrazole rings is 1. The molecule has 7 heteroatoms. The molecule has 27 heavy (non-hydrogen) atoms. The van der Waals surface area contributed by atoms with E-state index in [1.807, 2.05) is 60.1 Å². The molecule has 0 saturated heterocycles. The van der Waals surface area contributed by atoms with Gasteiger partial charge in [-0.3, -0.25) is 4.79 Å². The van der Waals surface area contributed by atoms with Crippen molar-refractivity contribution in [2.45, 2.75) is 25.8 Å². The highest BCUT2D eigenvalue weighted by Gasteiger charge is 2.28. The lowest BCUT2D eigenvalue weighted by molar-refractivity contribution is 0.0998. The van der Waals surface area contributed by atoms with Gasteiger partial charge in [-0.1, -0.05) is 30.3 Å². The van der Waals surface area contributed by atoms with E-state index in [-0.39, 0.29) is 5.91 Å². The van der Waals surface area contributed by atoms with Gasteiger partial charge >= 0.3 is 0 Å². The summed E-state index contributed by atoms with van der Waals surface area (Å²) in [5.74, 6) is 0.764. The van der Waals surface area contributed by atoms with Crippen LogP contribution in [0.4, 0.5) is 5.69 Å². The second-order valence-corrected chi connectivity index (χ2v) is 6.77. The Balaban J connectivity index is 1.44. The van der Waals surface area contributed by atoms with Gasteiger partial charge in [-0.25, -0.2) is 4.68 Å². The quantitative estimate of drug-likeness (QED) is 0.595. The van der Waals surface area contributed by atoms with Gasteiger partial charge in [0.25, 0.3) is 5.91 Å². The van der Waals surface area contributed by atoms with Crippen LogP contribution in [0.25, 0.3) is 22.4 Å². The molecule has 0 spiro atoms. The van der Waals surface area contributed by atoms with E-state index in [0.717, 1.165) is 29.4 Å². The highest BCUT2D eigenvalue weighted by molar-refractivity contribution is 6.06. The fourth-order valence-corrected chi connectivity index (χ4v) is 3.26. The topological polar surface area (TPSA) is 85.8 Å². The molecule has 1 N–H and O–H groups in total. The monoisotopic (exact) mass is 359 g/mol. The zero-order chi connectivity index (χ0) is 18.4. The number of carbonyl (C=O) groups is 1. The average Bonchev–Trinajstić information content (AvgIpc) is 3.31. The first-order valence-electron chi connectivity index (χ1n) is 8.88. The van der Waals surface area contributed by atoms with E-state index in [0.29, 0.717) is 28.9 Å². The number of amides is 1.